The highest BCUT2D eigenvalue weighted by Gasteiger charge is 2.17. The molecule has 0 unspecified atom stereocenters. The predicted octanol–water partition coefficient (Wildman–Crippen LogP) is 1.71. The van der Waals surface area contributed by atoms with Crippen LogP contribution in [0.3, 0.4) is 0 Å². The first-order valence-corrected chi connectivity index (χ1v) is 9.42. The van der Waals surface area contributed by atoms with Gasteiger partial charge in [-0.05, 0) is 43.4 Å². The van der Waals surface area contributed by atoms with Crippen molar-refractivity contribution < 1.29 is 23.8 Å². The van der Waals surface area contributed by atoms with Gasteiger partial charge in [-0.3, -0.25) is 4.79 Å². The van der Waals surface area contributed by atoms with E-state index in [0.717, 1.165) is 23.8 Å². The molecule has 2 rings (SSSR count). The molecule has 0 aliphatic rings. The summed E-state index contributed by atoms with van der Waals surface area (Å²) >= 11 is 0. The molecule has 28 heavy (non-hydrogen) atoms. The van der Waals surface area contributed by atoms with Crippen LogP contribution in [0.2, 0.25) is 0 Å². The highest BCUT2D eigenvalue weighted by atomic mass is 16.5. The molecule has 1 amide bonds. The van der Waals surface area contributed by atoms with E-state index in [0.29, 0.717) is 16.9 Å². The number of aliphatic carboxylic acids is 1. The van der Waals surface area contributed by atoms with Crippen molar-refractivity contribution in [1.82, 2.24) is 5.32 Å². The van der Waals surface area contributed by atoms with Crippen LogP contribution in [-0.2, 0) is 16.0 Å². The third kappa shape index (κ3) is 5.34. The summed E-state index contributed by atoms with van der Waals surface area (Å²) in [5, 5.41) is 14.4. The van der Waals surface area contributed by atoms with Crippen LogP contribution in [0.1, 0.15) is 44.7 Å². The van der Waals surface area contributed by atoms with Crippen LogP contribution >= 0.6 is 0 Å². The van der Waals surface area contributed by atoms with Gasteiger partial charge in [-0.15, -0.1) is 0 Å². The Morgan fingerprint density at radius 3 is 2.61 bits per heavy atom. The van der Waals surface area contributed by atoms with Gasteiger partial charge in [0.1, 0.15) is 11.3 Å². The molecular formula is C21H26NO6-. The van der Waals surface area contributed by atoms with Crippen LogP contribution in [0.5, 0.6) is 5.75 Å². The molecular weight excluding hydrogens is 362 g/mol. The van der Waals surface area contributed by atoms with E-state index in [9.17, 15) is 19.5 Å². The standard InChI is InChI=1S/C21H27NO6/c1-5-6-14-10-19(24)28-20-13(4)17(8-7-15(14)20)27-11-18(23)22-16(21(25)26)9-12(2)3/h7-8,10,12,16H,5-6,9,11H2,1-4H3,(H,22,23)(H,25,26)/p-1/t16-/m0/s1. The second-order valence-corrected chi connectivity index (χ2v) is 7.26. The lowest BCUT2D eigenvalue weighted by molar-refractivity contribution is -0.308. The number of ether oxygens (including phenoxy) is 1. The molecule has 1 N–H and O–H groups in total. The zero-order valence-corrected chi connectivity index (χ0v) is 16.7. The van der Waals surface area contributed by atoms with Gasteiger partial charge in [-0.1, -0.05) is 27.2 Å². The van der Waals surface area contributed by atoms with E-state index in [-0.39, 0.29) is 18.9 Å². The maximum atomic E-state index is 12.1. The highest BCUT2D eigenvalue weighted by molar-refractivity contribution is 5.86. The van der Waals surface area contributed by atoms with Crippen molar-refractivity contribution >= 4 is 22.8 Å². The molecule has 0 aliphatic carbocycles. The van der Waals surface area contributed by atoms with Crippen molar-refractivity contribution in [3.63, 3.8) is 0 Å². The van der Waals surface area contributed by atoms with Crippen LogP contribution in [0.15, 0.2) is 27.4 Å². The summed E-state index contributed by atoms with van der Waals surface area (Å²) in [5.41, 5.74) is 1.52. The van der Waals surface area contributed by atoms with Crippen LogP contribution in [-0.4, -0.2) is 24.5 Å². The van der Waals surface area contributed by atoms with Gasteiger partial charge in [-0.25, -0.2) is 4.79 Å². The number of carbonyl (C=O) groups is 2. The molecule has 0 saturated carbocycles. The predicted molar refractivity (Wildman–Crippen MR) is 103 cm³/mol. The smallest absolute Gasteiger partial charge is 0.336 e. The minimum Gasteiger partial charge on any atom is -0.548 e. The minimum absolute atomic E-state index is 0.0899. The monoisotopic (exact) mass is 388 g/mol. The first-order valence-electron chi connectivity index (χ1n) is 9.42. The lowest BCUT2D eigenvalue weighted by atomic mass is 10.0. The van der Waals surface area contributed by atoms with Crippen LogP contribution in [0.25, 0.3) is 11.0 Å². The molecule has 152 valence electrons. The van der Waals surface area contributed by atoms with Crippen LogP contribution in [0.4, 0.5) is 0 Å². The van der Waals surface area contributed by atoms with Crippen molar-refractivity contribution in [3.8, 4) is 5.75 Å². The molecule has 1 atom stereocenters. The number of carboxylic acids is 1. The second-order valence-electron chi connectivity index (χ2n) is 7.26. The number of carbonyl (C=O) groups excluding carboxylic acids is 2. The number of benzene rings is 1. The van der Waals surface area contributed by atoms with Crippen molar-refractivity contribution in [3.05, 3.63) is 39.7 Å². The average Bonchev–Trinajstić information content (AvgIpc) is 2.61. The minimum atomic E-state index is -1.32. The van der Waals surface area contributed by atoms with E-state index >= 15 is 0 Å². The maximum absolute atomic E-state index is 12.1. The van der Waals surface area contributed by atoms with E-state index in [1.54, 1.807) is 19.1 Å². The van der Waals surface area contributed by atoms with Gasteiger partial charge in [0, 0.05) is 17.0 Å². The summed E-state index contributed by atoms with van der Waals surface area (Å²) in [6.45, 7) is 7.14. The molecule has 2 aromatic rings. The van der Waals surface area contributed by atoms with Gasteiger partial charge in [-0.2, -0.15) is 0 Å². The number of hydrogen-bond acceptors (Lipinski definition) is 6. The molecule has 0 saturated heterocycles. The van der Waals surface area contributed by atoms with E-state index in [2.05, 4.69) is 5.32 Å². The molecule has 7 heteroatoms. The number of nitrogens with one attached hydrogen (secondary N) is 1. The molecule has 0 aliphatic heterocycles. The number of amides is 1. The van der Waals surface area contributed by atoms with Gasteiger partial charge >= 0.3 is 5.63 Å². The van der Waals surface area contributed by atoms with E-state index in [4.69, 9.17) is 9.15 Å². The summed E-state index contributed by atoms with van der Waals surface area (Å²) in [6.07, 6.45) is 1.92. The average molecular weight is 388 g/mol. The fraction of sp³-hybridized carbons (Fsp3) is 0.476. The van der Waals surface area contributed by atoms with Crippen molar-refractivity contribution in [1.29, 1.82) is 0 Å². The SMILES string of the molecule is CCCc1cc(=O)oc2c(C)c(OCC(=O)N[C@@H](CC(C)C)C(=O)[O-])ccc12. The second kappa shape index (κ2) is 9.39. The maximum Gasteiger partial charge on any atom is 0.336 e. The Kier molecular flexibility index (Phi) is 7.20. The Labute approximate surface area is 163 Å². The van der Waals surface area contributed by atoms with Crippen LogP contribution < -0.4 is 20.8 Å². The zero-order chi connectivity index (χ0) is 20.8. The number of aryl methyl sites for hydroxylation is 2. The van der Waals surface area contributed by atoms with Gasteiger partial charge in [0.15, 0.2) is 6.61 Å². The summed E-state index contributed by atoms with van der Waals surface area (Å²) in [7, 11) is 0. The fourth-order valence-corrected chi connectivity index (χ4v) is 3.11. The summed E-state index contributed by atoms with van der Waals surface area (Å²) < 4.78 is 10.9. The number of hydrogen-bond donors (Lipinski definition) is 1. The normalized spacial score (nSPS) is 12.2. The quantitative estimate of drug-likeness (QED) is 0.655. The molecule has 0 bridgehead atoms. The number of rotatable bonds is 9. The summed E-state index contributed by atoms with van der Waals surface area (Å²) in [6, 6.07) is 3.94. The molecule has 0 fully saturated rings. The van der Waals surface area contributed by atoms with Crippen molar-refractivity contribution in [2.75, 3.05) is 6.61 Å². The molecule has 1 aromatic carbocycles. The number of carboxylic acid groups (broad SMARTS) is 1. The molecule has 7 nitrogen and oxygen atoms in total. The lowest BCUT2D eigenvalue weighted by Crippen LogP contribution is -2.49. The lowest BCUT2D eigenvalue weighted by Gasteiger charge is -2.21. The topological polar surface area (TPSA) is 109 Å². The van der Waals surface area contributed by atoms with E-state index < -0.39 is 23.5 Å². The van der Waals surface area contributed by atoms with Gasteiger partial charge in [0.05, 0.1) is 12.0 Å². The Bertz CT molecular complexity index is 915. The van der Waals surface area contributed by atoms with Crippen molar-refractivity contribution in [2.24, 2.45) is 5.92 Å². The first kappa shape index (κ1) is 21.5. The van der Waals surface area contributed by atoms with E-state index in [1.165, 1.54) is 6.07 Å². The van der Waals surface area contributed by atoms with Gasteiger partial charge in [0.25, 0.3) is 5.91 Å². The fourth-order valence-electron chi connectivity index (χ4n) is 3.11. The molecule has 1 aromatic heterocycles. The summed E-state index contributed by atoms with van der Waals surface area (Å²) in [4.78, 5) is 35.1. The Morgan fingerprint density at radius 1 is 1.29 bits per heavy atom. The first-order chi connectivity index (χ1) is 13.2. The Hall–Kier alpha value is -2.83. The molecule has 1 heterocycles. The van der Waals surface area contributed by atoms with Crippen LogP contribution in [0, 0.1) is 12.8 Å². The Balaban J connectivity index is 2.16. The summed E-state index contributed by atoms with van der Waals surface area (Å²) in [5.74, 6) is -1.40. The van der Waals surface area contributed by atoms with E-state index in [1.807, 2.05) is 20.8 Å². The van der Waals surface area contributed by atoms with Gasteiger partial charge < -0.3 is 24.4 Å². The molecule has 0 radical (unpaired) electrons. The number of fused-ring (bicyclic) bond motifs is 1. The zero-order valence-electron chi connectivity index (χ0n) is 16.7. The molecule has 0 spiro atoms. The third-order valence-corrected chi connectivity index (χ3v) is 4.40. The van der Waals surface area contributed by atoms with Gasteiger partial charge in [0.2, 0.25) is 0 Å². The Morgan fingerprint density at radius 2 is 2.00 bits per heavy atom. The highest BCUT2D eigenvalue weighted by Crippen LogP contribution is 2.28. The largest absolute Gasteiger partial charge is 0.548 e. The van der Waals surface area contributed by atoms with Crippen molar-refractivity contribution in [2.45, 2.75) is 53.0 Å². The third-order valence-electron chi connectivity index (χ3n) is 4.40.